The number of aromatic nitrogens is 3. The van der Waals surface area contributed by atoms with E-state index in [9.17, 15) is 38.0 Å². The standard InChI is InChI=1S/C47H50FN11O8/c1-49-45(65)41-30(48)11-9-13-32(41)52-43-28-18-20-50-42(28)55-47(56-43)53-33-23-35-26(22-36(33)67-3)19-21-58(35)40(63)25-57(2)39(62)15-7-5-4-6-14-37(60)51-31-12-8-10-27-29(31)24-59(46(27)66)34-16-17-38(61)54-44(34)64/h8-13,18,20,22-23,34H,4-7,14-17,19,21,24-25H2,1-3H3,(H,49,65)(H,51,60)(H,54,61,64)(H3,50,52,53,55,56). The summed E-state index contributed by atoms with van der Waals surface area (Å²) in [7, 11) is 4.54. The maximum atomic E-state index is 14.8. The summed E-state index contributed by atoms with van der Waals surface area (Å²) in [6.45, 7) is 0.425. The summed E-state index contributed by atoms with van der Waals surface area (Å²) < 4.78 is 20.5. The van der Waals surface area contributed by atoms with Crippen molar-refractivity contribution >= 4 is 86.9 Å². The van der Waals surface area contributed by atoms with Crippen LogP contribution in [0.1, 0.15) is 83.2 Å². The van der Waals surface area contributed by atoms with E-state index in [1.54, 1.807) is 54.5 Å². The smallest absolute Gasteiger partial charge is 0.256 e. The number of anilines is 6. The van der Waals surface area contributed by atoms with Crippen molar-refractivity contribution in [3.05, 3.63) is 88.9 Å². The quantitative estimate of drug-likeness (QED) is 0.0532. The van der Waals surface area contributed by atoms with E-state index >= 15 is 0 Å². The maximum Gasteiger partial charge on any atom is 0.256 e. The Morgan fingerprint density at radius 1 is 0.925 bits per heavy atom. The average Bonchev–Trinajstić information content (AvgIpc) is 4.05. The molecule has 0 aliphatic carbocycles. The van der Waals surface area contributed by atoms with Crippen molar-refractivity contribution in [1.29, 1.82) is 0 Å². The predicted octanol–water partition coefficient (Wildman–Crippen LogP) is 5.04. The van der Waals surface area contributed by atoms with Gasteiger partial charge in [0.2, 0.25) is 35.5 Å². The number of piperidine rings is 1. The van der Waals surface area contributed by atoms with Crippen molar-refractivity contribution in [2.24, 2.45) is 0 Å². The number of imide groups is 1. The number of hydrogen-bond acceptors (Lipinski definition) is 12. The number of fused-ring (bicyclic) bond motifs is 3. The van der Waals surface area contributed by atoms with Gasteiger partial charge in [-0.15, -0.1) is 0 Å². The Kier molecular flexibility index (Phi) is 13.4. The molecule has 5 heterocycles. The lowest BCUT2D eigenvalue weighted by Crippen LogP contribution is -2.52. The number of halogens is 1. The van der Waals surface area contributed by atoms with Crippen LogP contribution in [0, 0.1) is 5.82 Å². The number of carbonyl (C=O) groups is 7. The first-order valence-electron chi connectivity index (χ1n) is 22.0. The van der Waals surface area contributed by atoms with Crippen LogP contribution < -0.4 is 36.2 Å². The Morgan fingerprint density at radius 3 is 2.48 bits per heavy atom. The first-order valence-corrected chi connectivity index (χ1v) is 22.0. The lowest BCUT2D eigenvalue weighted by atomic mass is 10.0. The predicted molar refractivity (Wildman–Crippen MR) is 246 cm³/mol. The summed E-state index contributed by atoms with van der Waals surface area (Å²) in [5, 5.41) is 14.5. The van der Waals surface area contributed by atoms with Crippen LogP contribution in [0.3, 0.4) is 0 Å². The van der Waals surface area contributed by atoms with Gasteiger partial charge in [-0.3, -0.25) is 38.9 Å². The van der Waals surface area contributed by atoms with E-state index in [1.165, 1.54) is 36.1 Å². The molecule has 0 spiro atoms. The number of carbonyl (C=O) groups excluding carboxylic acids is 7. The van der Waals surface area contributed by atoms with Crippen LogP contribution in [0.2, 0.25) is 0 Å². The van der Waals surface area contributed by atoms with Gasteiger partial charge in [0.15, 0.2) is 0 Å². The van der Waals surface area contributed by atoms with Gasteiger partial charge in [-0.2, -0.15) is 9.97 Å². The third-order valence-electron chi connectivity index (χ3n) is 12.2. The molecule has 3 aliphatic heterocycles. The number of rotatable bonds is 17. The number of amides is 7. The van der Waals surface area contributed by atoms with Crippen LogP contribution in [0.5, 0.6) is 5.75 Å². The molecule has 8 rings (SSSR count). The summed E-state index contributed by atoms with van der Waals surface area (Å²) >= 11 is 0. The fourth-order valence-corrected chi connectivity index (χ4v) is 8.66. The van der Waals surface area contributed by atoms with Crippen molar-refractivity contribution < 1.29 is 42.7 Å². The third-order valence-corrected chi connectivity index (χ3v) is 12.2. The van der Waals surface area contributed by atoms with Gasteiger partial charge in [0.25, 0.3) is 11.8 Å². The fraction of sp³-hybridized carbons (Fsp3) is 0.340. The topological polar surface area (TPSA) is 240 Å². The van der Waals surface area contributed by atoms with Gasteiger partial charge in [-0.1, -0.05) is 25.0 Å². The number of ether oxygens (including phenoxy) is 1. The highest BCUT2D eigenvalue weighted by Crippen LogP contribution is 2.39. The van der Waals surface area contributed by atoms with Gasteiger partial charge in [0, 0.05) is 75.1 Å². The van der Waals surface area contributed by atoms with E-state index in [1.807, 2.05) is 6.07 Å². The van der Waals surface area contributed by atoms with Crippen LogP contribution in [0.15, 0.2) is 60.8 Å². The molecule has 1 fully saturated rings. The zero-order chi connectivity index (χ0) is 47.4. The molecule has 0 bridgehead atoms. The van der Waals surface area contributed by atoms with E-state index in [0.29, 0.717) is 89.4 Å². The second-order valence-corrected chi connectivity index (χ2v) is 16.5. The molecule has 0 saturated carbocycles. The summed E-state index contributed by atoms with van der Waals surface area (Å²) in [5.74, 6) is -2.21. The minimum atomic E-state index is -0.751. The largest absolute Gasteiger partial charge is 0.495 e. The Balaban J connectivity index is 0.819. The lowest BCUT2D eigenvalue weighted by Gasteiger charge is -2.29. The SMILES string of the molecule is CNC(=O)c1c(F)cccc1Nc1nc(Nc2cc3c(cc2OC)CCN3C(=O)CN(C)C(=O)CCCCCCC(=O)Nc2cccc3c2CN(C2CCC(=O)NC2=O)C3=O)nc2[nH]ccc12. The molecule has 7 amide bonds. The highest BCUT2D eigenvalue weighted by Gasteiger charge is 2.40. The van der Waals surface area contributed by atoms with Crippen LogP contribution in [-0.4, -0.2) is 106 Å². The molecule has 5 aromatic rings. The van der Waals surface area contributed by atoms with Gasteiger partial charge in [0.1, 0.15) is 29.1 Å². The lowest BCUT2D eigenvalue weighted by molar-refractivity contribution is -0.137. The highest BCUT2D eigenvalue weighted by atomic mass is 19.1. The van der Waals surface area contributed by atoms with Gasteiger partial charge >= 0.3 is 0 Å². The van der Waals surface area contributed by atoms with Crippen molar-refractivity contribution in [3.8, 4) is 5.75 Å². The Labute approximate surface area is 384 Å². The maximum absolute atomic E-state index is 14.8. The molecule has 1 atom stereocenters. The molecule has 3 aliphatic rings. The van der Waals surface area contributed by atoms with E-state index in [0.717, 1.165) is 5.56 Å². The molecule has 67 heavy (non-hydrogen) atoms. The van der Waals surface area contributed by atoms with Crippen LogP contribution in [0.25, 0.3) is 11.0 Å². The minimum Gasteiger partial charge on any atom is -0.495 e. The average molecular weight is 916 g/mol. The van der Waals surface area contributed by atoms with Gasteiger partial charge < -0.3 is 45.7 Å². The van der Waals surface area contributed by atoms with Crippen molar-refractivity contribution in [1.82, 2.24) is 35.4 Å². The first-order chi connectivity index (χ1) is 32.3. The first kappa shape index (κ1) is 45.7. The second-order valence-electron chi connectivity index (χ2n) is 16.5. The molecule has 3 aromatic carbocycles. The molecule has 20 heteroatoms. The molecule has 348 valence electrons. The van der Waals surface area contributed by atoms with Gasteiger partial charge in [0.05, 0.1) is 36.0 Å². The number of hydrogen-bond donors (Lipinski definition) is 6. The van der Waals surface area contributed by atoms with Crippen LogP contribution in [0.4, 0.5) is 38.9 Å². The zero-order valence-corrected chi connectivity index (χ0v) is 37.2. The van der Waals surface area contributed by atoms with Crippen molar-refractivity contribution in [3.63, 3.8) is 0 Å². The Morgan fingerprint density at radius 2 is 1.70 bits per heavy atom. The summed E-state index contributed by atoms with van der Waals surface area (Å²) in [6.07, 6.45) is 5.69. The molecule has 0 radical (unpaired) electrons. The molecular weight excluding hydrogens is 866 g/mol. The monoisotopic (exact) mass is 915 g/mol. The summed E-state index contributed by atoms with van der Waals surface area (Å²) in [5.41, 5.74) is 4.04. The highest BCUT2D eigenvalue weighted by molar-refractivity contribution is 6.07. The van der Waals surface area contributed by atoms with Crippen molar-refractivity contribution in [2.75, 3.05) is 55.1 Å². The van der Waals surface area contributed by atoms with Crippen LogP contribution >= 0.6 is 0 Å². The summed E-state index contributed by atoms with van der Waals surface area (Å²) in [4.78, 5) is 106. The number of unbranched alkanes of at least 4 members (excludes halogenated alkanes) is 3. The Hall–Kier alpha value is -7.90. The van der Waals surface area contributed by atoms with Gasteiger partial charge in [-0.25, -0.2) is 4.39 Å². The molecule has 1 saturated heterocycles. The number of benzene rings is 3. The number of nitrogens with one attached hydrogen (secondary N) is 6. The minimum absolute atomic E-state index is 0.132. The van der Waals surface area contributed by atoms with E-state index < -0.39 is 23.7 Å². The Bertz CT molecular complexity index is 2810. The number of aromatic amines is 1. The molecule has 19 nitrogen and oxygen atoms in total. The second kappa shape index (κ2) is 19.7. The summed E-state index contributed by atoms with van der Waals surface area (Å²) in [6, 6.07) is 13.9. The van der Waals surface area contributed by atoms with E-state index in [2.05, 4.69) is 41.5 Å². The molecular formula is C47H50FN11O8. The molecule has 2 aromatic heterocycles. The van der Waals surface area contributed by atoms with E-state index in [4.69, 9.17) is 4.74 Å². The number of nitrogens with zero attached hydrogens (tertiary/aromatic N) is 5. The third kappa shape index (κ3) is 9.73. The molecule has 1 unspecified atom stereocenters. The fourth-order valence-electron chi connectivity index (χ4n) is 8.66. The molecule has 6 N–H and O–H groups in total. The van der Waals surface area contributed by atoms with Crippen molar-refractivity contribution in [2.45, 2.75) is 70.4 Å². The number of methoxy groups -OCH3 is 1. The normalized spacial score (nSPS) is 15.2. The van der Waals surface area contributed by atoms with Crippen LogP contribution in [-0.2, 0) is 36.9 Å². The number of H-pyrrole nitrogens is 1. The van der Waals surface area contributed by atoms with E-state index in [-0.39, 0.29) is 85.5 Å². The van der Waals surface area contributed by atoms with Gasteiger partial charge in [-0.05, 0) is 73.7 Å². The zero-order valence-electron chi connectivity index (χ0n) is 37.2. The number of likely N-dealkylation sites (N-methyl/N-ethyl adjacent to an activating group) is 1.